The van der Waals surface area contributed by atoms with Gasteiger partial charge in [0.15, 0.2) is 0 Å². The van der Waals surface area contributed by atoms with Crippen molar-refractivity contribution in [3.05, 3.63) is 27.9 Å². The Labute approximate surface area is 121 Å². The van der Waals surface area contributed by atoms with Gasteiger partial charge in [0.05, 0.1) is 11.5 Å². The lowest BCUT2D eigenvalue weighted by atomic mass is 10.2. The van der Waals surface area contributed by atoms with Crippen molar-refractivity contribution in [1.82, 2.24) is 4.98 Å². The molecule has 0 bridgehead atoms. The molecule has 0 aliphatic carbocycles. The number of nitrogens with zero attached hydrogens (tertiary/aromatic N) is 4. The zero-order valence-corrected chi connectivity index (χ0v) is 11.5. The molecule has 1 saturated heterocycles. The van der Waals surface area contributed by atoms with Crippen LogP contribution in [0.15, 0.2) is 12.3 Å². The van der Waals surface area contributed by atoms with Gasteiger partial charge in [0, 0.05) is 12.6 Å². The summed E-state index contributed by atoms with van der Waals surface area (Å²) in [4.78, 5) is 27.7. The summed E-state index contributed by atoms with van der Waals surface area (Å²) in [7, 11) is 0. The summed E-state index contributed by atoms with van der Waals surface area (Å²) >= 11 is 0. The molecular formula is C13H14N4O4. The summed E-state index contributed by atoms with van der Waals surface area (Å²) in [6, 6.07) is 2.57. The van der Waals surface area contributed by atoms with Crippen molar-refractivity contribution in [3.8, 4) is 6.07 Å². The van der Waals surface area contributed by atoms with E-state index in [4.69, 9.17) is 10.00 Å². The highest BCUT2D eigenvalue weighted by molar-refractivity contribution is 5.81. The van der Waals surface area contributed by atoms with Crippen LogP contribution in [0.2, 0.25) is 0 Å². The molecule has 110 valence electrons. The quantitative estimate of drug-likeness (QED) is 0.468. The highest BCUT2D eigenvalue weighted by Crippen LogP contribution is 2.29. The van der Waals surface area contributed by atoms with E-state index >= 15 is 0 Å². The van der Waals surface area contributed by atoms with E-state index in [1.807, 2.05) is 6.07 Å². The minimum atomic E-state index is -0.607. The molecule has 8 heteroatoms. The fraction of sp³-hybridized carbons (Fsp3) is 0.462. The summed E-state index contributed by atoms with van der Waals surface area (Å²) in [6.07, 6.45) is 2.48. The Morgan fingerprint density at radius 1 is 1.71 bits per heavy atom. The van der Waals surface area contributed by atoms with E-state index in [1.165, 1.54) is 6.07 Å². The van der Waals surface area contributed by atoms with Crippen molar-refractivity contribution in [2.24, 2.45) is 0 Å². The van der Waals surface area contributed by atoms with Gasteiger partial charge in [0.1, 0.15) is 29.7 Å². The van der Waals surface area contributed by atoms with Gasteiger partial charge in [-0.15, -0.1) is 0 Å². The van der Waals surface area contributed by atoms with Crippen LogP contribution >= 0.6 is 0 Å². The van der Waals surface area contributed by atoms with Crippen molar-refractivity contribution in [2.75, 3.05) is 18.1 Å². The number of hydrogen-bond donors (Lipinski definition) is 0. The predicted octanol–water partition coefficient (Wildman–Crippen LogP) is 1.39. The molecule has 0 spiro atoms. The monoisotopic (exact) mass is 290 g/mol. The van der Waals surface area contributed by atoms with Crippen LogP contribution in [-0.2, 0) is 9.53 Å². The molecule has 21 heavy (non-hydrogen) atoms. The third-order valence-electron chi connectivity index (χ3n) is 3.27. The molecule has 1 aromatic heterocycles. The normalized spacial score (nSPS) is 17.3. The molecule has 0 amide bonds. The van der Waals surface area contributed by atoms with Gasteiger partial charge in [-0.2, -0.15) is 5.26 Å². The van der Waals surface area contributed by atoms with E-state index in [0.29, 0.717) is 18.8 Å². The smallest absolute Gasteiger partial charge is 0.328 e. The fourth-order valence-corrected chi connectivity index (χ4v) is 2.36. The van der Waals surface area contributed by atoms with Crippen molar-refractivity contribution in [2.45, 2.75) is 25.8 Å². The maximum absolute atomic E-state index is 11.9. The van der Waals surface area contributed by atoms with Crippen LogP contribution in [0.25, 0.3) is 0 Å². The topological polar surface area (TPSA) is 109 Å². The Morgan fingerprint density at radius 3 is 3.10 bits per heavy atom. The number of hydrogen-bond acceptors (Lipinski definition) is 7. The number of anilines is 1. The second kappa shape index (κ2) is 6.17. The first-order chi connectivity index (χ1) is 10.1. The average molecular weight is 290 g/mol. The first-order valence-corrected chi connectivity index (χ1v) is 6.56. The van der Waals surface area contributed by atoms with Crippen LogP contribution in [-0.4, -0.2) is 35.1 Å². The Morgan fingerprint density at radius 2 is 2.48 bits per heavy atom. The van der Waals surface area contributed by atoms with Crippen molar-refractivity contribution in [3.63, 3.8) is 0 Å². The van der Waals surface area contributed by atoms with Crippen LogP contribution in [0, 0.1) is 21.4 Å². The van der Waals surface area contributed by atoms with Crippen LogP contribution < -0.4 is 4.90 Å². The third-order valence-corrected chi connectivity index (χ3v) is 3.27. The van der Waals surface area contributed by atoms with E-state index in [2.05, 4.69) is 4.98 Å². The first-order valence-electron chi connectivity index (χ1n) is 6.56. The van der Waals surface area contributed by atoms with Crippen molar-refractivity contribution < 1.29 is 14.5 Å². The van der Waals surface area contributed by atoms with Gasteiger partial charge in [-0.3, -0.25) is 10.1 Å². The third kappa shape index (κ3) is 2.91. The lowest BCUT2D eigenvalue weighted by Crippen LogP contribution is -2.38. The number of rotatable bonds is 4. The number of nitro groups is 1. The highest BCUT2D eigenvalue weighted by Gasteiger charge is 2.34. The van der Waals surface area contributed by atoms with Gasteiger partial charge in [-0.25, -0.2) is 9.78 Å². The second-order valence-corrected chi connectivity index (χ2v) is 4.54. The minimum Gasteiger partial charge on any atom is -0.464 e. The summed E-state index contributed by atoms with van der Waals surface area (Å²) in [5.74, 6) is -0.0716. The second-order valence-electron chi connectivity index (χ2n) is 4.54. The number of pyridine rings is 1. The van der Waals surface area contributed by atoms with Crippen LogP contribution in [0.4, 0.5) is 11.5 Å². The van der Waals surface area contributed by atoms with Gasteiger partial charge < -0.3 is 9.64 Å². The summed E-state index contributed by atoms with van der Waals surface area (Å²) in [5, 5.41) is 19.9. The van der Waals surface area contributed by atoms with E-state index in [-0.39, 0.29) is 23.8 Å². The van der Waals surface area contributed by atoms with Crippen LogP contribution in [0.5, 0.6) is 0 Å². The largest absolute Gasteiger partial charge is 0.464 e. The molecule has 2 rings (SSSR count). The average Bonchev–Trinajstić information content (AvgIpc) is 2.96. The van der Waals surface area contributed by atoms with E-state index in [0.717, 1.165) is 12.6 Å². The molecule has 0 radical (unpaired) electrons. The number of carbonyl (C=O) groups is 1. The lowest BCUT2D eigenvalue weighted by molar-refractivity contribution is -0.385. The predicted molar refractivity (Wildman–Crippen MR) is 72.6 cm³/mol. The molecule has 0 aromatic carbocycles. The zero-order chi connectivity index (χ0) is 15.4. The SMILES string of the molecule is CCOC(=O)C1CCCN1c1ncc([N+](=O)[O-])cc1C#N. The van der Waals surface area contributed by atoms with Gasteiger partial charge in [-0.1, -0.05) is 0 Å². The number of aromatic nitrogens is 1. The molecule has 1 unspecified atom stereocenters. The maximum Gasteiger partial charge on any atom is 0.328 e. The van der Waals surface area contributed by atoms with Gasteiger partial charge in [0.25, 0.3) is 5.69 Å². The number of nitriles is 1. The molecule has 2 heterocycles. The molecule has 1 fully saturated rings. The Balaban J connectivity index is 2.34. The molecule has 1 aliphatic heterocycles. The first kappa shape index (κ1) is 14.7. The Hall–Kier alpha value is -2.69. The number of esters is 1. The van der Waals surface area contributed by atoms with Crippen molar-refractivity contribution >= 4 is 17.5 Å². The molecule has 0 saturated carbocycles. The van der Waals surface area contributed by atoms with Gasteiger partial charge in [0.2, 0.25) is 0 Å². The minimum absolute atomic E-state index is 0.0837. The maximum atomic E-state index is 11.9. The summed E-state index contributed by atoms with van der Waals surface area (Å²) in [5.41, 5.74) is -0.164. The number of ether oxygens (including phenoxy) is 1. The molecule has 1 aromatic rings. The van der Waals surface area contributed by atoms with Gasteiger partial charge in [-0.05, 0) is 19.8 Å². The van der Waals surface area contributed by atoms with Gasteiger partial charge >= 0.3 is 5.97 Å². The van der Waals surface area contributed by atoms with E-state index in [1.54, 1.807) is 11.8 Å². The number of carbonyl (C=O) groups excluding carboxylic acids is 1. The van der Waals surface area contributed by atoms with E-state index in [9.17, 15) is 14.9 Å². The summed E-state index contributed by atoms with van der Waals surface area (Å²) in [6.45, 7) is 2.56. The molecule has 1 atom stereocenters. The Bertz CT molecular complexity index is 611. The van der Waals surface area contributed by atoms with Crippen LogP contribution in [0.3, 0.4) is 0 Å². The fourth-order valence-electron chi connectivity index (χ4n) is 2.36. The van der Waals surface area contributed by atoms with E-state index < -0.39 is 11.0 Å². The van der Waals surface area contributed by atoms with Crippen molar-refractivity contribution in [1.29, 1.82) is 5.26 Å². The standard InChI is InChI=1S/C13H14N4O4/c1-2-21-13(18)11-4-3-5-16(11)12-9(7-14)6-10(8-15-12)17(19)20/h6,8,11H,2-5H2,1H3. The zero-order valence-electron chi connectivity index (χ0n) is 11.5. The highest BCUT2D eigenvalue weighted by atomic mass is 16.6. The van der Waals surface area contributed by atoms with Crippen LogP contribution in [0.1, 0.15) is 25.3 Å². The Kier molecular flexibility index (Phi) is 4.33. The molecule has 8 nitrogen and oxygen atoms in total. The molecule has 0 N–H and O–H groups in total. The molecule has 1 aliphatic rings. The molecular weight excluding hydrogens is 276 g/mol. The lowest BCUT2D eigenvalue weighted by Gasteiger charge is -2.24. The summed E-state index contributed by atoms with van der Waals surface area (Å²) < 4.78 is 5.01.